The summed E-state index contributed by atoms with van der Waals surface area (Å²) in [4.78, 5) is 30.7. The summed E-state index contributed by atoms with van der Waals surface area (Å²) in [5.41, 5.74) is 8.76. The second kappa shape index (κ2) is 7.82. The molecular weight excluding hydrogens is 330 g/mol. The van der Waals surface area contributed by atoms with Gasteiger partial charge in [-0.1, -0.05) is 47.6 Å². The molecule has 1 aliphatic heterocycles. The van der Waals surface area contributed by atoms with Gasteiger partial charge in [0.1, 0.15) is 7.11 Å². The van der Waals surface area contributed by atoms with Crippen LogP contribution in [0.5, 0.6) is 0 Å². The number of carbonyl (C=O) groups excluding carboxylic acids is 2. The van der Waals surface area contributed by atoms with Gasteiger partial charge in [0.25, 0.3) is 5.91 Å². The van der Waals surface area contributed by atoms with Gasteiger partial charge in [-0.15, -0.1) is 0 Å². The number of carbonyl (C=O) groups is 2. The lowest BCUT2D eigenvalue weighted by Crippen LogP contribution is -2.38. The van der Waals surface area contributed by atoms with Crippen LogP contribution in [0, 0.1) is 0 Å². The summed E-state index contributed by atoms with van der Waals surface area (Å²) in [6.07, 6.45) is 0.598. The van der Waals surface area contributed by atoms with Gasteiger partial charge < -0.3 is 15.5 Å². The molecule has 1 aliphatic rings. The predicted octanol–water partition coefficient (Wildman–Crippen LogP) is 2.45. The minimum atomic E-state index is -0.439. The fraction of sp³-hybridized carbons (Fsp3) is 0.250. The molecule has 6 nitrogen and oxygen atoms in total. The van der Waals surface area contributed by atoms with E-state index in [0.717, 1.165) is 16.8 Å². The fourth-order valence-corrected chi connectivity index (χ4v) is 3.22. The maximum atomic E-state index is 12.9. The third-order valence-corrected chi connectivity index (χ3v) is 4.42. The number of hydrogen-bond acceptors (Lipinski definition) is 4. The van der Waals surface area contributed by atoms with Crippen molar-refractivity contribution in [2.45, 2.75) is 18.9 Å². The van der Waals surface area contributed by atoms with Crippen LogP contribution in [0.25, 0.3) is 11.1 Å². The Kier molecular flexibility index (Phi) is 5.31. The van der Waals surface area contributed by atoms with E-state index in [4.69, 9.17) is 10.6 Å². The van der Waals surface area contributed by atoms with Gasteiger partial charge in [0, 0.05) is 24.4 Å². The highest BCUT2D eigenvalue weighted by Gasteiger charge is 2.34. The molecule has 3 rings (SSSR count). The molecule has 26 heavy (non-hydrogen) atoms. The normalized spacial score (nSPS) is 18.1. The molecule has 6 heteroatoms. The maximum absolute atomic E-state index is 12.9. The van der Waals surface area contributed by atoms with Gasteiger partial charge in [-0.05, 0) is 23.3 Å². The van der Waals surface area contributed by atoms with Crippen molar-refractivity contribution < 1.29 is 14.4 Å². The number of nitrogens with zero attached hydrogens (tertiary/aromatic N) is 2. The van der Waals surface area contributed by atoms with Gasteiger partial charge >= 0.3 is 0 Å². The third-order valence-electron chi connectivity index (χ3n) is 4.42. The number of hydrogen-bond donors (Lipinski definition) is 1. The first-order valence-corrected chi connectivity index (χ1v) is 8.42. The Morgan fingerprint density at radius 3 is 2.38 bits per heavy atom. The highest BCUT2D eigenvalue weighted by atomic mass is 16.6. The monoisotopic (exact) mass is 351 g/mol. The molecule has 2 amide bonds. The zero-order valence-electron chi connectivity index (χ0n) is 14.6. The van der Waals surface area contributed by atoms with Crippen molar-refractivity contribution in [3.8, 4) is 11.1 Å². The molecule has 0 aromatic heterocycles. The minimum absolute atomic E-state index is 0.108. The molecule has 0 bridgehead atoms. The van der Waals surface area contributed by atoms with Crippen molar-refractivity contribution in [1.29, 1.82) is 0 Å². The molecule has 1 heterocycles. The van der Waals surface area contributed by atoms with Crippen molar-refractivity contribution >= 4 is 17.5 Å². The molecule has 0 radical (unpaired) electrons. The first kappa shape index (κ1) is 17.7. The van der Waals surface area contributed by atoms with E-state index < -0.39 is 5.91 Å². The lowest BCUT2D eigenvalue weighted by atomic mass is 10.0. The van der Waals surface area contributed by atoms with Crippen molar-refractivity contribution in [1.82, 2.24) is 4.90 Å². The van der Waals surface area contributed by atoms with Crippen LogP contribution in [-0.2, 0) is 9.63 Å². The molecule has 0 saturated carbocycles. The Balaban J connectivity index is 1.80. The summed E-state index contributed by atoms with van der Waals surface area (Å²) in [5.74, 6) is -0.581. The maximum Gasteiger partial charge on any atom is 0.254 e. The second-order valence-corrected chi connectivity index (χ2v) is 6.24. The van der Waals surface area contributed by atoms with Crippen molar-refractivity contribution in [2.75, 3.05) is 13.7 Å². The summed E-state index contributed by atoms with van der Waals surface area (Å²) in [6.45, 7) is 0.338. The Labute approximate surface area is 152 Å². The van der Waals surface area contributed by atoms with Crippen LogP contribution >= 0.6 is 0 Å². The molecule has 1 fully saturated rings. The van der Waals surface area contributed by atoms with Crippen LogP contribution in [0.15, 0.2) is 59.8 Å². The topological polar surface area (TPSA) is 85.0 Å². The van der Waals surface area contributed by atoms with E-state index in [0.29, 0.717) is 18.5 Å². The molecule has 0 spiro atoms. The van der Waals surface area contributed by atoms with Crippen molar-refractivity contribution in [2.24, 2.45) is 10.9 Å². The number of amides is 2. The largest absolute Gasteiger partial charge is 0.399 e. The average Bonchev–Trinajstić information content (AvgIpc) is 3.04. The Morgan fingerprint density at radius 1 is 1.12 bits per heavy atom. The van der Waals surface area contributed by atoms with E-state index in [1.54, 1.807) is 17.0 Å². The lowest BCUT2D eigenvalue weighted by molar-refractivity contribution is -0.118. The van der Waals surface area contributed by atoms with E-state index in [9.17, 15) is 9.59 Å². The second-order valence-electron chi connectivity index (χ2n) is 6.24. The first-order valence-electron chi connectivity index (χ1n) is 8.42. The Hall–Kier alpha value is -3.15. The molecule has 1 atom stereocenters. The van der Waals surface area contributed by atoms with E-state index in [1.807, 2.05) is 42.5 Å². The number of benzene rings is 2. The summed E-state index contributed by atoms with van der Waals surface area (Å²) < 4.78 is 0. The van der Waals surface area contributed by atoms with Crippen LogP contribution in [-0.4, -0.2) is 42.1 Å². The standard InChI is InChI=1S/C20H21N3O3/c1-26-22-17-11-18(12-19(21)24)23(13-17)20(25)16-9-7-15(8-10-16)14-5-3-2-4-6-14/h2-10,18H,11-13H2,1H3,(H2,21,24)/b22-17+. The van der Waals surface area contributed by atoms with Crippen LogP contribution < -0.4 is 5.73 Å². The van der Waals surface area contributed by atoms with Gasteiger partial charge in [-0.25, -0.2) is 0 Å². The van der Waals surface area contributed by atoms with E-state index >= 15 is 0 Å². The first-order chi connectivity index (χ1) is 12.6. The molecule has 1 saturated heterocycles. The van der Waals surface area contributed by atoms with Crippen molar-refractivity contribution in [3.63, 3.8) is 0 Å². The molecule has 2 N–H and O–H groups in total. The van der Waals surface area contributed by atoms with Gasteiger partial charge in [0.2, 0.25) is 5.91 Å². The number of nitrogens with two attached hydrogens (primary N) is 1. The zero-order chi connectivity index (χ0) is 18.5. The zero-order valence-corrected chi connectivity index (χ0v) is 14.6. The molecular formula is C20H21N3O3. The minimum Gasteiger partial charge on any atom is -0.399 e. The highest BCUT2D eigenvalue weighted by Crippen LogP contribution is 2.24. The SMILES string of the molecule is CO/N=C1\CC(CC(N)=O)N(C(=O)c2ccc(-c3ccccc3)cc2)C1. The molecule has 1 unspecified atom stereocenters. The van der Waals surface area contributed by atoms with Crippen LogP contribution in [0.1, 0.15) is 23.2 Å². The number of primary amides is 1. The highest BCUT2D eigenvalue weighted by molar-refractivity contribution is 6.01. The quantitative estimate of drug-likeness (QED) is 0.840. The molecule has 134 valence electrons. The van der Waals surface area contributed by atoms with Gasteiger partial charge in [0.15, 0.2) is 0 Å². The van der Waals surface area contributed by atoms with Crippen LogP contribution in [0.2, 0.25) is 0 Å². The van der Waals surface area contributed by atoms with Gasteiger partial charge in [-0.2, -0.15) is 0 Å². The number of rotatable bonds is 5. The fourth-order valence-electron chi connectivity index (χ4n) is 3.22. The number of oxime groups is 1. The van der Waals surface area contributed by atoms with Crippen LogP contribution in [0.3, 0.4) is 0 Å². The summed E-state index contributed by atoms with van der Waals surface area (Å²) in [5, 5.41) is 3.93. The molecule has 0 aliphatic carbocycles. The van der Waals surface area contributed by atoms with Crippen molar-refractivity contribution in [3.05, 3.63) is 60.2 Å². The average molecular weight is 351 g/mol. The Morgan fingerprint density at radius 2 is 1.77 bits per heavy atom. The summed E-state index contributed by atoms with van der Waals surface area (Å²) in [6, 6.07) is 17.1. The smallest absolute Gasteiger partial charge is 0.254 e. The van der Waals surface area contributed by atoms with Crippen LogP contribution in [0.4, 0.5) is 0 Å². The third kappa shape index (κ3) is 3.91. The van der Waals surface area contributed by atoms with Gasteiger partial charge in [-0.3, -0.25) is 9.59 Å². The summed E-state index contributed by atoms with van der Waals surface area (Å²) >= 11 is 0. The van der Waals surface area contributed by atoms with E-state index in [2.05, 4.69) is 5.16 Å². The van der Waals surface area contributed by atoms with E-state index in [-0.39, 0.29) is 18.4 Å². The predicted molar refractivity (Wildman–Crippen MR) is 99.6 cm³/mol. The van der Waals surface area contributed by atoms with E-state index in [1.165, 1.54) is 7.11 Å². The lowest BCUT2D eigenvalue weighted by Gasteiger charge is -2.23. The molecule has 2 aromatic rings. The number of likely N-dealkylation sites (tertiary alicyclic amines) is 1. The summed E-state index contributed by atoms with van der Waals surface area (Å²) in [7, 11) is 1.46. The van der Waals surface area contributed by atoms with Gasteiger partial charge in [0.05, 0.1) is 12.3 Å². The Bertz CT molecular complexity index is 816. The molecule has 2 aromatic carbocycles.